The van der Waals surface area contributed by atoms with E-state index in [9.17, 15) is 9.59 Å². The summed E-state index contributed by atoms with van der Waals surface area (Å²) in [4.78, 5) is 23.2. The predicted molar refractivity (Wildman–Crippen MR) is 166 cm³/mol. The molecular weight excluding hydrogens is 512 g/mol. The fourth-order valence-corrected chi connectivity index (χ4v) is 5.08. The molecule has 214 valence electrons. The molecule has 6 heteroatoms. The molecule has 6 nitrogen and oxygen atoms in total. The van der Waals surface area contributed by atoms with E-state index in [2.05, 4.69) is 66.5 Å². The van der Waals surface area contributed by atoms with E-state index in [1.165, 1.54) is 21.9 Å². The monoisotopic (exact) mass is 552 g/mol. The molecule has 0 bridgehead atoms. The van der Waals surface area contributed by atoms with Crippen molar-refractivity contribution >= 4 is 33.4 Å². The summed E-state index contributed by atoms with van der Waals surface area (Å²) < 4.78 is 12.1. The number of nitrogens with one attached hydrogen (secondary N) is 1. The lowest BCUT2D eigenvalue weighted by atomic mass is 9.95. The lowest BCUT2D eigenvalue weighted by Crippen LogP contribution is -2.21. The van der Waals surface area contributed by atoms with E-state index in [4.69, 9.17) is 15.2 Å². The minimum absolute atomic E-state index is 0.0719. The highest BCUT2D eigenvalue weighted by molar-refractivity contribution is 5.88. The van der Waals surface area contributed by atoms with Crippen LogP contribution in [-0.4, -0.2) is 32.1 Å². The van der Waals surface area contributed by atoms with E-state index in [1.54, 1.807) is 13.1 Å². The number of hydrogen-bond acceptors (Lipinski definition) is 4. The van der Waals surface area contributed by atoms with Gasteiger partial charge in [-0.15, -0.1) is 6.58 Å². The van der Waals surface area contributed by atoms with Gasteiger partial charge in [-0.2, -0.15) is 0 Å². The Morgan fingerprint density at radius 1 is 0.829 bits per heavy atom. The average Bonchev–Trinajstić information content (AvgIpc) is 2.99. The maximum Gasteiger partial charge on any atom is 0.224 e. The van der Waals surface area contributed by atoms with Gasteiger partial charge in [0.1, 0.15) is 11.5 Å². The highest BCUT2D eigenvalue weighted by Crippen LogP contribution is 2.27. The zero-order chi connectivity index (χ0) is 29.0. The number of benzene rings is 4. The van der Waals surface area contributed by atoms with Crippen LogP contribution in [0.3, 0.4) is 0 Å². The number of carbonyl (C=O) groups excluding carboxylic acids is 2. The Bertz CT molecular complexity index is 1500. The Morgan fingerprint density at radius 2 is 1.39 bits per heavy atom. The Balaban J connectivity index is 1.26. The van der Waals surface area contributed by atoms with Gasteiger partial charge in [-0.25, -0.2) is 0 Å². The molecule has 2 amide bonds. The molecule has 41 heavy (non-hydrogen) atoms. The zero-order valence-corrected chi connectivity index (χ0v) is 23.9. The second kappa shape index (κ2) is 14.9. The Hall–Kier alpha value is -4.32. The predicted octanol–water partition coefficient (Wildman–Crippen LogP) is 6.52. The van der Waals surface area contributed by atoms with Gasteiger partial charge in [0, 0.05) is 13.5 Å². The number of hydrogen-bond donors (Lipinski definition) is 2. The van der Waals surface area contributed by atoms with Gasteiger partial charge in [0.25, 0.3) is 0 Å². The fourth-order valence-electron chi connectivity index (χ4n) is 5.08. The van der Waals surface area contributed by atoms with Crippen molar-refractivity contribution in [2.45, 2.75) is 44.9 Å². The summed E-state index contributed by atoms with van der Waals surface area (Å²) in [5, 5.41) is 7.31. The van der Waals surface area contributed by atoms with Crippen LogP contribution in [-0.2, 0) is 22.4 Å². The van der Waals surface area contributed by atoms with Crippen LogP contribution in [0.25, 0.3) is 21.5 Å². The summed E-state index contributed by atoms with van der Waals surface area (Å²) in [5.41, 5.74) is 7.88. The fraction of sp³-hybridized carbons (Fsp3) is 0.314. The van der Waals surface area contributed by atoms with Crippen LogP contribution in [0.4, 0.5) is 0 Å². The van der Waals surface area contributed by atoms with Crippen LogP contribution in [0.5, 0.6) is 11.5 Å². The van der Waals surface area contributed by atoms with E-state index in [-0.39, 0.29) is 17.7 Å². The molecule has 0 fully saturated rings. The second-order valence-corrected chi connectivity index (χ2v) is 10.3. The number of unbranched alkanes of at least 4 members (excludes halogenated alkanes) is 1. The normalized spacial score (nSPS) is 11.7. The molecule has 0 spiro atoms. The number of ether oxygens (including phenoxy) is 2. The SMILES string of the molecule is C=CC(CCc1cccc2ccc(OCCCCOc3ccc4cccc(CCCC(=O)NC)c4c3)cc12)C(N)=O. The van der Waals surface area contributed by atoms with Gasteiger partial charge < -0.3 is 20.5 Å². The van der Waals surface area contributed by atoms with Gasteiger partial charge in [0.2, 0.25) is 11.8 Å². The van der Waals surface area contributed by atoms with Crippen LogP contribution in [0.2, 0.25) is 0 Å². The molecule has 1 unspecified atom stereocenters. The van der Waals surface area contributed by atoms with E-state index < -0.39 is 0 Å². The summed E-state index contributed by atoms with van der Waals surface area (Å²) in [7, 11) is 1.67. The number of carbonyl (C=O) groups is 2. The molecule has 4 rings (SSSR count). The van der Waals surface area contributed by atoms with Crippen LogP contribution in [0, 0.1) is 5.92 Å². The number of rotatable bonds is 16. The lowest BCUT2D eigenvalue weighted by Gasteiger charge is -2.12. The van der Waals surface area contributed by atoms with Crippen LogP contribution in [0.15, 0.2) is 85.5 Å². The molecule has 4 aromatic carbocycles. The average molecular weight is 553 g/mol. The Kier molecular flexibility index (Phi) is 10.8. The maximum atomic E-state index is 11.6. The number of aryl methyl sites for hydroxylation is 2. The Labute approximate surface area is 242 Å². The third kappa shape index (κ3) is 8.34. The molecule has 1 atom stereocenters. The van der Waals surface area contributed by atoms with Crippen molar-refractivity contribution in [1.82, 2.24) is 5.32 Å². The molecule has 4 aromatic rings. The standard InChI is InChI=1S/C35H40N2O4/c1-3-25(35(36)39)15-16-27-10-7-12-29-18-20-31(24-33(27)29)41-22-5-4-21-40-30-19-17-28-11-6-9-26(32(28)23-30)13-8-14-34(38)37-2/h3,6-7,9-12,17-20,23-25H,1,4-5,8,13-16,21-22H2,2H3,(H2,36,39)(H,37,38). The minimum atomic E-state index is -0.340. The van der Waals surface area contributed by atoms with Gasteiger partial charge in [-0.1, -0.05) is 54.6 Å². The third-order valence-electron chi connectivity index (χ3n) is 7.47. The largest absolute Gasteiger partial charge is 0.494 e. The molecular formula is C35H40N2O4. The van der Waals surface area contributed by atoms with Gasteiger partial charge in [-0.3, -0.25) is 9.59 Å². The first-order chi connectivity index (χ1) is 20.0. The van der Waals surface area contributed by atoms with Crippen molar-refractivity contribution < 1.29 is 19.1 Å². The van der Waals surface area contributed by atoms with Crippen LogP contribution >= 0.6 is 0 Å². The first kappa shape index (κ1) is 29.7. The summed E-state index contributed by atoms with van der Waals surface area (Å²) in [6, 6.07) is 24.9. The van der Waals surface area contributed by atoms with Gasteiger partial charge in [0.05, 0.1) is 19.1 Å². The number of primary amides is 1. The molecule has 0 radical (unpaired) electrons. The summed E-state index contributed by atoms with van der Waals surface area (Å²) in [6.07, 6.45) is 6.94. The number of nitrogens with two attached hydrogens (primary N) is 1. The third-order valence-corrected chi connectivity index (χ3v) is 7.47. The molecule has 0 aliphatic heterocycles. The summed E-state index contributed by atoms with van der Waals surface area (Å²) in [5.74, 6) is 1.09. The van der Waals surface area contributed by atoms with Crippen molar-refractivity contribution in [2.24, 2.45) is 11.7 Å². The first-order valence-electron chi connectivity index (χ1n) is 14.4. The van der Waals surface area contributed by atoms with E-state index in [0.29, 0.717) is 26.1 Å². The molecule has 0 saturated heterocycles. The first-order valence-corrected chi connectivity index (χ1v) is 14.4. The maximum absolute atomic E-state index is 11.6. The van der Waals surface area contributed by atoms with Gasteiger partial charge in [0.15, 0.2) is 0 Å². The molecule has 0 aromatic heterocycles. The summed E-state index contributed by atoms with van der Waals surface area (Å²) in [6.45, 7) is 4.95. The van der Waals surface area contributed by atoms with Crippen molar-refractivity contribution in [3.8, 4) is 11.5 Å². The smallest absolute Gasteiger partial charge is 0.224 e. The molecule has 0 aliphatic rings. The molecule has 3 N–H and O–H groups in total. The lowest BCUT2D eigenvalue weighted by molar-refractivity contribution is -0.121. The van der Waals surface area contributed by atoms with E-state index >= 15 is 0 Å². The van der Waals surface area contributed by atoms with Crippen molar-refractivity contribution in [3.05, 3.63) is 96.6 Å². The number of amides is 2. The second-order valence-electron chi connectivity index (χ2n) is 10.3. The van der Waals surface area contributed by atoms with E-state index in [0.717, 1.165) is 54.4 Å². The van der Waals surface area contributed by atoms with Crippen molar-refractivity contribution in [1.29, 1.82) is 0 Å². The Morgan fingerprint density at radius 3 is 1.90 bits per heavy atom. The van der Waals surface area contributed by atoms with Gasteiger partial charge in [-0.05, 0) is 95.5 Å². The molecule has 0 saturated carbocycles. The highest BCUT2D eigenvalue weighted by Gasteiger charge is 2.12. The number of fused-ring (bicyclic) bond motifs is 2. The topological polar surface area (TPSA) is 90.7 Å². The quantitative estimate of drug-likeness (QED) is 0.122. The molecule has 0 heterocycles. The minimum Gasteiger partial charge on any atom is -0.494 e. The summed E-state index contributed by atoms with van der Waals surface area (Å²) >= 11 is 0. The zero-order valence-electron chi connectivity index (χ0n) is 23.9. The highest BCUT2D eigenvalue weighted by atomic mass is 16.5. The van der Waals surface area contributed by atoms with Crippen LogP contribution in [0.1, 0.15) is 43.2 Å². The van der Waals surface area contributed by atoms with E-state index in [1.807, 2.05) is 18.2 Å². The van der Waals surface area contributed by atoms with Crippen molar-refractivity contribution in [2.75, 3.05) is 20.3 Å². The van der Waals surface area contributed by atoms with Crippen LogP contribution < -0.4 is 20.5 Å². The van der Waals surface area contributed by atoms with Gasteiger partial charge >= 0.3 is 0 Å². The van der Waals surface area contributed by atoms with Crippen molar-refractivity contribution in [3.63, 3.8) is 0 Å². The molecule has 0 aliphatic carbocycles.